The molecule has 1 atom stereocenters. The van der Waals surface area contributed by atoms with Crippen molar-refractivity contribution < 1.29 is 4.74 Å². The number of rotatable bonds is 3. The van der Waals surface area contributed by atoms with Crippen molar-refractivity contribution in [3.05, 3.63) is 18.3 Å². The fraction of sp³-hybridized carbons (Fsp3) is 0.500. The van der Waals surface area contributed by atoms with Gasteiger partial charge in [-0.25, -0.2) is 4.98 Å². The second-order valence-corrected chi connectivity index (χ2v) is 4.41. The number of hydrogen-bond acceptors (Lipinski definition) is 4. The van der Waals surface area contributed by atoms with Crippen molar-refractivity contribution >= 4 is 17.4 Å². The van der Waals surface area contributed by atoms with E-state index in [0.717, 1.165) is 5.69 Å². The summed E-state index contributed by atoms with van der Waals surface area (Å²) in [6.07, 6.45) is 2.97. The van der Waals surface area contributed by atoms with Gasteiger partial charge in [-0.05, 0) is 24.3 Å². The molecule has 0 radical (unpaired) electrons. The summed E-state index contributed by atoms with van der Waals surface area (Å²) >= 11 is 1.99. The van der Waals surface area contributed by atoms with Gasteiger partial charge in [0.2, 0.25) is 5.88 Å². The second kappa shape index (κ2) is 4.55. The van der Waals surface area contributed by atoms with Gasteiger partial charge in [0.05, 0.1) is 12.8 Å². The van der Waals surface area contributed by atoms with E-state index in [2.05, 4.69) is 10.3 Å². The van der Waals surface area contributed by atoms with E-state index in [0.29, 0.717) is 11.9 Å². The zero-order chi connectivity index (χ0) is 9.80. The quantitative estimate of drug-likeness (QED) is 0.827. The normalized spacial score (nSPS) is 20.8. The maximum Gasteiger partial charge on any atom is 0.237 e. The number of hydrogen-bond donors (Lipinski definition) is 1. The van der Waals surface area contributed by atoms with Crippen LogP contribution >= 0.6 is 11.8 Å². The first-order chi connectivity index (χ1) is 6.90. The average Bonchev–Trinajstić information content (AvgIpc) is 2.71. The lowest BCUT2D eigenvalue weighted by molar-refractivity contribution is 0.399. The van der Waals surface area contributed by atoms with Crippen molar-refractivity contribution in [2.75, 3.05) is 23.9 Å². The van der Waals surface area contributed by atoms with E-state index < -0.39 is 0 Å². The summed E-state index contributed by atoms with van der Waals surface area (Å²) in [6.45, 7) is 0. The molecule has 2 heterocycles. The maximum absolute atomic E-state index is 5.18. The molecule has 1 aromatic rings. The Hall–Kier alpha value is -0.900. The lowest BCUT2D eigenvalue weighted by Gasteiger charge is -2.14. The highest BCUT2D eigenvalue weighted by Gasteiger charge is 2.16. The van der Waals surface area contributed by atoms with Crippen LogP contribution in [0.5, 0.6) is 5.88 Å². The van der Waals surface area contributed by atoms with E-state index in [1.807, 2.05) is 23.9 Å². The van der Waals surface area contributed by atoms with Crippen molar-refractivity contribution in [1.29, 1.82) is 0 Å². The third-order valence-corrected chi connectivity index (χ3v) is 3.42. The number of methoxy groups -OCH3 is 1. The fourth-order valence-corrected chi connectivity index (χ4v) is 2.68. The molecule has 1 aliphatic rings. The van der Waals surface area contributed by atoms with Crippen molar-refractivity contribution in [3.8, 4) is 5.88 Å². The van der Waals surface area contributed by atoms with Crippen LogP contribution in [0.1, 0.15) is 6.42 Å². The van der Waals surface area contributed by atoms with Crippen LogP contribution in [0.4, 0.5) is 5.69 Å². The highest BCUT2D eigenvalue weighted by Crippen LogP contribution is 2.25. The van der Waals surface area contributed by atoms with Gasteiger partial charge in [0.15, 0.2) is 0 Å². The van der Waals surface area contributed by atoms with Crippen molar-refractivity contribution in [1.82, 2.24) is 4.98 Å². The van der Waals surface area contributed by atoms with Crippen LogP contribution in [0, 0.1) is 0 Å². The first kappa shape index (κ1) is 9.65. The van der Waals surface area contributed by atoms with Crippen molar-refractivity contribution in [2.45, 2.75) is 12.5 Å². The van der Waals surface area contributed by atoms with Crippen LogP contribution in [0.2, 0.25) is 0 Å². The smallest absolute Gasteiger partial charge is 0.237 e. The number of nitrogens with zero attached hydrogens (tertiary/aromatic N) is 1. The van der Waals surface area contributed by atoms with Gasteiger partial charge in [0.1, 0.15) is 0 Å². The Morgan fingerprint density at radius 3 is 3.29 bits per heavy atom. The molecule has 1 aromatic heterocycles. The van der Waals surface area contributed by atoms with E-state index in [-0.39, 0.29) is 0 Å². The molecule has 0 aromatic carbocycles. The molecule has 1 saturated heterocycles. The molecule has 2 rings (SSSR count). The van der Waals surface area contributed by atoms with Crippen LogP contribution < -0.4 is 10.1 Å². The predicted octanol–water partition coefficient (Wildman–Crippen LogP) is 2.01. The molecule has 0 saturated carbocycles. The summed E-state index contributed by atoms with van der Waals surface area (Å²) in [5.41, 5.74) is 1.00. The molecule has 14 heavy (non-hydrogen) atoms. The first-order valence-corrected chi connectivity index (χ1v) is 5.89. The first-order valence-electron chi connectivity index (χ1n) is 4.73. The third kappa shape index (κ3) is 2.12. The Balaban J connectivity index is 2.07. The molecule has 0 unspecified atom stereocenters. The van der Waals surface area contributed by atoms with Gasteiger partial charge >= 0.3 is 0 Å². The summed E-state index contributed by atoms with van der Waals surface area (Å²) in [4.78, 5) is 4.15. The minimum absolute atomic E-state index is 0.568. The number of nitrogens with one attached hydrogen (secondary N) is 1. The summed E-state index contributed by atoms with van der Waals surface area (Å²) in [5.74, 6) is 3.11. The SMILES string of the molecule is COc1ncccc1N[C@@H]1CCSC1. The van der Waals surface area contributed by atoms with Crippen molar-refractivity contribution in [3.63, 3.8) is 0 Å². The minimum Gasteiger partial charge on any atom is -0.480 e. The number of thioether (sulfide) groups is 1. The average molecular weight is 210 g/mol. The number of pyridine rings is 1. The van der Waals surface area contributed by atoms with Crippen LogP contribution in [-0.2, 0) is 0 Å². The van der Waals surface area contributed by atoms with Gasteiger partial charge in [-0.1, -0.05) is 0 Å². The van der Waals surface area contributed by atoms with Crippen LogP contribution in [-0.4, -0.2) is 29.6 Å². The zero-order valence-corrected chi connectivity index (χ0v) is 9.01. The summed E-state index contributed by atoms with van der Waals surface area (Å²) in [7, 11) is 1.65. The molecule has 0 amide bonds. The van der Waals surface area contributed by atoms with E-state index in [9.17, 15) is 0 Å². The molecular weight excluding hydrogens is 196 g/mol. The summed E-state index contributed by atoms with van der Waals surface area (Å²) in [5, 5.41) is 3.45. The van der Waals surface area contributed by atoms with Gasteiger partial charge in [-0.2, -0.15) is 11.8 Å². The van der Waals surface area contributed by atoms with Crippen LogP contribution in [0.3, 0.4) is 0 Å². The molecule has 1 fully saturated rings. The maximum atomic E-state index is 5.18. The van der Waals surface area contributed by atoms with Gasteiger partial charge in [-0.3, -0.25) is 0 Å². The van der Waals surface area contributed by atoms with Gasteiger partial charge in [-0.15, -0.1) is 0 Å². The standard InChI is InChI=1S/C10H14N2OS/c1-13-10-9(3-2-5-11-10)12-8-4-6-14-7-8/h2-3,5,8,12H,4,6-7H2,1H3/t8-/m1/s1. The number of ether oxygens (including phenoxy) is 1. The Kier molecular flexibility index (Phi) is 3.14. The van der Waals surface area contributed by atoms with E-state index in [1.54, 1.807) is 13.3 Å². The minimum atomic E-state index is 0.568. The second-order valence-electron chi connectivity index (χ2n) is 3.27. The van der Waals surface area contributed by atoms with E-state index in [1.165, 1.54) is 17.9 Å². The molecule has 0 aliphatic carbocycles. The molecule has 0 bridgehead atoms. The fourth-order valence-electron chi connectivity index (χ4n) is 1.53. The van der Waals surface area contributed by atoms with E-state index >= 15 is 0 Å². The summed E-state index contributed by atoms with van der Waals surface area (Å²) < 4.78 is 5.18. The number of anilines is 1. The highest BCUT2D eigenvalue weighted by atomic mass is 32.2. The molecule has 1 N–H and O–H groups in total. The van der Waals surface area contributed by atoms with Gasteiger partial charge < -0.3 is 10.1 Å². The largest absolute Gasteiger partial charge is 0.480 e. The molecule has 4 heteroatoms. The number of aromatic nitrogens is 1. The highest BCUT2D eigenvalue weighted by molar-refractivity contribution is 7.99. The molecule has 0 spiro atoms. The monoisotopic (exact) mass is 210 g/mol. The third-order valence-electron chi connectivity index (χ3n) is 2.25. The molecule has 1 aliphatic heterocycles. The molecule has 76 valence electrons. The lowest BCUT2D eigenvalue weighted by atomic mass is 10.2. The lowest BCUT2D eigenvalue weighted by Crippen LogP contribution is -2.18. The van der Waals surface area contributed by atoms with E-state index in [4.69, 9.17) is 4.74 Å². The van der Waals surface area contributed by atoms with Crippen LogP contribution in [0.15, 0.2) is 18.3 Å². The van der Waals surface area contributed by atoms with Crippen LogP contribution in [0.25, 0.3) is 0 Å². The van der Waals surface area contributed by atoms with Gasteiger partial charge in [0.25, 0.3) is 0 Å². The van der Waals surface area contributed by atoms with Crippen molar-refractivity contribution in [2.24, 2.45) is 0 Å². The topological polar surface area (TPSA) is 34.1 Å². The Morgan fingerprint density at radius 1 is 1.64 bits per heavy atom. The molecule has 3 nitrogen and oxygen atoms in total. The Bertz CT molecular complexity index is 300. The zero-order valence-electron chi connectivity index (χ0n) is 8.19. The Morgan fingerprint density at radius 2 is 2.57 bits per heavy atom. The predicted molar refractivity (Wildman–Crippen MR) is 60.1 cm³/mol. The van der Waals surface area contributed by atoms with Gasteiger partial charge in [0, 0.05) is 18.0 Å². The Labute approximate surface area is 88.3 Å². The summed E-state index contributed by atoms with van der Waals surface area (Å²) in [6, 6.07) is 4.50. The molecular formula is C10H14N2OS.